The number of hydrogen-bond acceptors (Lipinski definition) is 6. The van der Waals surface area contributed by atoms with E-state index in [0.29, 0.717) is 28.8 Å². The Hall–Kier alpha value is -3.13. The number of nitrogens with one attached hydrogen (secondary N) is 2. The van der Waals surface area contributed by atoms with Gasteiger partial charge in [-0.2, -0.15) is 5.10 Å². The van der Waals surface area contributed by atoms with Crippen molar-refractivity contribution >= 4 is 22.4 Å². The Morgan fingerprint density at radius 3 is 2.61 bits per heavy atom. The second-order valence-corrected chi connectivity index (χ2v) is 11.6. The van der Waals surface area contributed by atoms with Crippen LogP contribution in [0.1, 0.15) is 64.5 Å². The number of piperidine rings is 1. The smallest absolute Gasteiger partial charge is 0.197 e. The summed E-state index contributed by atoms with van der Waals surface area (Å²) in [5.74, 6) is 2.14. The van der Waals surface area contributed by atoms with Crippen molar-refractivity contribution in [2.24, 2.45) is 5.41 Å². The molecule has 2 N–H and O–H groups in total. The minimum Gasteiger partial charge on any atom is -0.493 e. The Labute approximate surface area is 213 Å². The molecule has 0 radical (unpaired) electrons. The van der Waals surface area contributed by atoms with Gasteiger partial charge in [0.1, 0.15) is 12.1 Å². The number of rotatable bonds is 6. The lowest BCUT2D eigenvalue weighted by atomic mass is 9.94. The Morgan fingerprint density at radius 1 is 1.19 bits per heavy atom. The van der Waals surface area contributed by atoms with Crippen LogP contribution in [0.2, 0.25) is 0 Å². The molecule has 8 nitrogen and oxygen atoms in total. The third kappa shape index (κ3) is 4.54. The first kappa shape index (κ1) is 24.6. The summed E-state index contributed by atoms with van der Waals surface area (Å²) in [6.45, 7) is 16.7. The fourth-order valence-electron chi connectivity index (χ4n) is 5.42. The second kappa shape index (κ2) is 9.39. The molecule has 0 bridgehead atoms. The highest BCUT2D eigenvalue weighted by molar-refractivity contribution is 5.95. The van der Waals surface area contributed by atoms with Gasteiger partial charge in [0.15, 0.2) is 11.4 Å². The van der Waals surface area contributed by atoms with Crippen LogP contribution in [0.4, 0.5) is 5.82 Å². The molecule has 0 aliphatic carbocycles. The number of aromatic amines is 1. The average Bonchev–Trinajstić information content (AvgIpc) is 3.47. The third-order valence-corrected chi connectivity index (χ3v) is 7.24. The number of pyridine rings is 2. The maximum Gasteiger partial charge on any atom is 0.197 e. The van der Waals surface area contributed by atoms with E-state index in [1.165, 1.54) is 16.5 Å². The Balaban J connectivity index is 1.50. The summed E-state index contributed by atoms with van der Waals surface area (Å²) in [7, 11) is 1.67. The second-order valence-electron chi connectivity index (χ2n) is 11.6. The van der Waals surface area contributed by atoms with Crippen LogP contribution in [0.25, 0.3) is 27.8 Å². The number of fused-ring (bicyclic) bond motifs is 2. The van der Waals surface area contributed by atoms with E-state index in [0.717, 1.165) is 55.1 Å². The van der Waals surface area contributed by atoms with Crippen LogP contribution in [-0.4, -0.2) is 57.4 Å². The summed E-state index contributed by atoms with van der Waals surface area (Å²) in [5, 5.41) is 9.40. The minimum absolute atomic E-state index is 0.308. The molecule has 0 aromatic carbocycles. The minimum atomic E-state index is 0.308. The highest BCUT2D eigenvalue weighted by atomic mass is 16.5. The van der Waals surface area contributed by atoms with Gasteiger partial charge in [-0.05, 0) is 42.7 Å². The predicted octanol–water partition coefficient (Wildman–Crippen LogP) is 5.32. The normalized spacial score (nSPS) is 15.5. The van der Waals surface area contributed by atoms with Gasteiger partial charge in [0.2, 0.25) is 0 Å². The van der Waals surface area contributed by atoms with Crippen LogP contribution in [0.5, 0.6) is 5.75 Å². The first-order valence-electron chi connectivity index (χ1n) is 13.0. The zero-order chi connectivity index (χ0) is 25.6. The van der Waals surface area contributed by atoms with E-state index in [2.05, 4.69) is 66.8 Å². The van der Waals surface area contributed by atoms with Gasteiger partial charge in [0.05, 0.1) is 24.5 Å². The molecule has 36 heavy (non-hydrogen) atoms. The fraction of sp³-hybridized carbons (Fsp3) is 0.536. The van der Waals surface area contributed by atoms with Crippen molar-refractivity contribution in [2.75, 3.05) is 31.6 Å². The number of ether oxygens (including phenoxy) is 1. The van der Waals surface area contributed by atoms with E-state index in [-0.39, 0.29) is 0 Å². The maximum atomic E-state index is 5.63. The highest BCUT2D eigenvalue weighted by Gasteiger charge is 2.26. The molecule has 5 heterocycles. The van der Waals surface area contributed by atoms with Crippen LogP contribution in [0.3, 0.4) is 0 Å². The number of aromatic nitrogens is 5. The van der Waals surface area contributed by atoms with E-state index >= 15 is 0 Å². The van der Waals surface area contributed by atoms with Gasteiger partial charge < -0.3 is 19.9 Å². The lowest BCUT2D eigenvalue weighted by Crippen LogP contribution is -2.45. The van der Waals surface area contributed by atoms with Gasteiger partial charge in [0.25, 0.3) is 0 Å². The quantitative estimate of drug-likeness (QED) is 0.382. The summed E-state index contributed by atoms with van der Waals surface area (Å²) in [6.07, 6.45) is 7.85. The molecule has 0 unspecified atom stereocenters. The zero-order valence-electron chi connectivity index (χ0n) is 22.6. The average molecular weight is 490 g/mol. The van der Waals surface area contributed by atoms with Crippen LogP contribution in [0, 0.1) is 12.3 Å². The van der Waals surface area contributed by atoms with E-state index in [4.69, 9.17) is 9.72 Å². The molecule has 1 fully saturated rings. The molecular formula is C28H39N7O. The molecule has 0 spiro atoms. The molecular weight excluding hydrogens is 450 g/mol. The van der Waals surface area contributed by atoms with E-state index < -0.39 is 0 Å². The third-order valence-electron chi connectivity index (χ3n) is 7.24. The first-order valence-corrected chi connectivity index (χ1v) is 13.0. The Morgan fingerprint density at radius 2 is 1.94 bits per heavy atom. The first-order chi connectivity index (χ1) is 17.2. The summed E-state index contributed by atoms with van der Waals surface area (Å²) >= 11 is 0. The van der Waals surface area contributed by atoms with E-state index in [9.17, 15) is 0 Å². The van der Waals surface area contributed by atoms with Crippen molar-refractivity contribution in [3.8, 4) is 17.0 Å². The van der Waals surface area contributed by atoms with Gasteiger partial charge in [-0.1, -0.05) is 34.6 Å². The van der Waals surface area contributed by atoms with Gasteiger partial charge in [-0.25, -0.2) is 14.5 Å². The van der Waals surface area contributed by atoms with Crippen LogP contribution in [-0.2, 0) is 0 Å². The SMILES string of the molecule is COc1cc(-c2[nH]c3cnc(N4CCC(NCC(C)(C)C)CC4)c(C)c3c2C(C)C)cn2ncnc12. The Bertz CT molecular complexity index is 1370. The molecule has 0 amide bonds. The summed E-state index contributed by atoms with van der Waals surface area (Å²) in [5.41, 5.74) is 6.74. The van der Waals surface area contributed by atoms with Crippen molar-refractivity contribution in [3.05, 3.63) is 35.9 Å². The zero-order valence-corrected chi connectivity index (χ0v) is 22.6. The van der Waals surface area contributed by atoms with Crippen LogP contribution < -0.4 is 15.0 Å². The van der Waals surface area contributed by atoms with Crippen molar-refractivity contribution in [1.29, 1.82) is 0 Å². The molecule has 4 aromatic rings. The molecule has 1 saturated heterocycles. The standard InChI is InChI=1S/C28H39N7O/c1-17(2)23-24-18(3)26(34-10-8-20(9-11-34)30-15-28(4,5)6)29-13-21(24)33-25(23)19-12-22(36-7)27-31-16-32-35(27)14-19/h12-14,16-17,20,30,33H,8-11,15H2,1-7H3. The Kier molecular flexibility index (Phi) is 6.41. The summed E-state index contributed by atoms with van der Waals surface area (Å²) in [4.78, 5) is 15.4. The molecule has 5 rings (SSSR count). The van der Waals surface area contributed by atoms with Crippen molar-refractivity contribution < 1.29 is 4.74 Å². The highest BCUT2D eigenvalue weighted by Crippen LogP contribution is 2.40. The predicted molar refractivity (Wildman–Crippen MR) is 146 cm³/mol. The molecule has 4 aromatic heterocycles. The van der Waals surface area contributed by atoms with Gasteiger partial charge in [0, 0.05) is 48.4 Å². The van der Waals surface area contributed by atoms with Crippen molar-refractivity contribution in [2.45, 2.75) is 66.3 Å². The van der Waals surface area contributed by atoms with Crippen molar-refractivity contribution in [1.82, 2.24) is 29.9 Å². The van der Waals surface area contributed by atoms with E-state index in [1.54, 1.807) is 18.0 Å². The van der Waals surface area contributed by atoms with Crippen molar-refractivity contribution in [3.63, 3.8) is 0 Å². The lowest BCUT2D eigenvalue weighted by molar-refractivity contribution is 0.324. The van der Waals surface area contributed by atoms with E-state index in [1.807, 2.05) is 18.5 Å². The number of nitrogens with zero attached hydrogens (tertiary/aromatic N) is 5. The molecule has 192 valence electrons. The summed E-state index contributed by atoms with van der Waals surface area (Å²) < 4.78 is 7.40. The largest absolute Gasteiger partial charge is 0.493 e. The molecule has 8 heteroatoms. The number of anilines is 1. The molecule has 0 atom stereocenters. The monoisotopic (exact) mass is 489 g/mol. The molecule has 1 aliphatic rings. The molecule has 0 saturated carbocycles. The number of aryl methyl sites for hydroxylation is 1. The van der Waals surface area contributed by atoms with Crippen LogP contribution >= 0.6 is 0 Å². The molecule has 1 aliphatic heterocycles. The maximum absolute atomic E-state index is 5.63. The summed E-state index contributed by atoms with van der Waals surface area (Å²) in [6, 6.07) is 2.62. The lowest BCUT2D eigenvalue weighted by Gasteiger charge is -2.35. The van der Waals surface area contributed by atoms with Gasteiger partial charge in [-0.15, -0.1) is 0 Å². The number of hydrogen-bond donors (Lipinski definition) is 2. The topological polar surface area (TPSA) is 83.4 Å². The fourth-order valence-corrected chi connectivity index (χ4v) is 5.42. The van der Waals surface area contributed by atoms with Gasteiger partial charge in [-0.3, -0.25) is 0 Å². The van der Waals surface area contributed by atoms with Crippen LogP contribution in [0.15, 0.2) is 24.8 Å². The number of H-pyrrole nitrogens is 1. The number of methoxy groups -OCH3 is 1. The van der Waals surface area contributed by atoms with Gasteiger partial charge >= 0.3 is 0 Å².